The smallest absolute Gasteiger partial charge is 0.115 e. The van der Waals surface area contributed by atoms with Crippen LogP contribution in [0.1, 0.15) is 39.1 Å². The Morgan fingerprint density at radius 3 is 2.29 bits per heavy atom. The van der Waals surface area contributed by atoms with Gasteiger partial charge in [-0.05, 0) is 26.8 Å². The molecule has 0 N–H and O–H groups in total. The van der Waals surface area contributed by atoms with Crippen molar-refractivity contribution >= 4 is 0 Å². The minimum absolute atomic E-state index is 0.520. The third kappa shape index (κ3) is 3.14. The minimum atomic E-state index is -0.520. The molecule has 1 aromatic rings. The number of rotatable bonds is 1. The second kappa shape index (κ2) is 5.33. The van der Waals surface area contributed by atoms with Crippen molar-refractivity contribution in [2.24, 2.45) is 0 Å². The van der Waals surface area contributed by atoms with Crippen molar-refractivity contribution in [3.8, 4) is 6.07 Å². The largest absolute Gasteiger partial charge is 0.242 e. The van der Waals surface area contributed by atoms with Gasteiger partial charge < -0.3 is 0 Å². The molecule has 0 fully saturated rings. The van der Waals surface area contributed by atoms with E-state index in [0.717, 1.165) is 11.4 Å². The molecule has 0 amide bonds. The molecule has 76 valence electrons. The van der Waals surface area contributed by atoms with Gasteiger partial charge in [0.1, 0.15) is 6.33 Å². The Bertz CT molecular complexity index is 324. The minimum Gasteiger partial charge on any atom is -0.242 e. The molecule has 0 unspecified atom stereocenters. The first-order valence-electron chi connectivity index (χ1n) is 4.76. The molecule has 3 nitrogen and oxygen atoms in total. The predicted octanol–water partition coefficient (Wildman–Crippen LogP) is 2.61. The fraction of sp³-hybridized carbons (Fsp3) is 0.545. The van der Waals surface area contributed by atoms with E-state index in [1.54, 1.807) is 0 Å². The molecule has 0 radical (unpaired) electrons. The number of nitriles is 1. The van der Waals surface area contributed by atoms with E-state index in [-0.39, 0.29) is 0 Å². The number of hydrogen-bond acceptors (Lipinski definition) is 3. The van der Waals surface area contributed by atoms with Gasteiger partial charge in [-0.2, -0.15) is 5.26 Å². The summed E-state index contributed by atoms with van der Waals surface area (Å²) in [6.07, 6.45) is 1.49. The van der Waals surface area contributed by atoms with Gasteiger partial charge in [-0.3, -0.25) is 0 Å². The van der Waals surface area contributed by atoms with Crippen molar-refractivity contribution in [1.82, 2.24) is 9.97 Å². The highest BCUT2D eigenvalue weighted by molar-refractivity contribution is 5.23. The quantitative estimate of drug-likeness (QED) is 0.685. The monoisotopic (exact) mass is 191 g/mol. The average Bonchev–Trinajstić information content (AvgIpc) is 2.21. The van der Waals surface area contributed by atoms with Gasteiger partial charge in [0.15, 0.2) is 0 Å². The lowest BCUT2D eigenvalue weighted by atomic mass is 9.91. The summed E-state index contributed by atoms with van der Waals surface area (Å²) in [5.74, 6) is 0. The molecule has 0 atom stereocenters. The molecule has 1 aromatic heterocycles. The van der Waals surface area contributed by atoms with E-state index in [1.807, 2.05) is 40.7 Å². The van der Waals surface area contributed by atoms with E-state index in [4.69, 9.17) is 5.26 Å². The Hall–Kier alpha value is -1.43. The molecule has 0 aliphatic carbocycles. The lowest BCUT2D eigenvalue weighted by Crippen LogP contribution is -2.16. The van der Waals surface area contributed by atoms with Crippen molar-refractivity contribution in [2.45, 2.75) is 40.0 Å². The molecule has 0 saturated heterocycles. The van der Waals surface area contributed by atoms with Gasteiger partial charge in [-0.15, -0.1) is 0 Å². The lowest BCUT2D eigenvalue weighted by Gasteiger charge is -2.13. The van der Waals surface area contributed by atoms with Gasteiger partial charge in [0, 0.05) is 5.69 Å². The molecule has 3 heteroatoms. The summed E-state index contributed by atoms with van der Waals surface area (Å²) in [5, 5.41) is 8.83. The Kier molecular flexibility index (Phi) is 4.79. The van der Waals surface area contributed by atoms with E-state index in [9.17, 15) is 0 Å². The molecule has 1 rings (SSSR count). The molecule has 0 spiro atoms. The summed E-state index contributed by atoms with van der Waals surface area (Å²) in [4.78, 5) is 8.02. The zero-order valence-corrected chi connectivity index (χ0v) is 9.50. The third-order valence-corrected chi connectivity index (χ3v) is 1.72. The summed E-state index contributed by atoms with van der Waals surface area (Å²) in [6, 6.07) is 4.03. The van der Waals surface area contributed by atoms with Crippen LogP contribution < -0.4 is 0 Å². The number of aromatic nitrogens is 2. The first kappa shape index (κ1) is 12.6. The Balaban J connectivity index is 0.000000791. The summed E-state index contributed by atoms with van der Waals surface area (Å²) in [6.45, 7) is 9.57. The van der Waals surface area contributed by atoms with Crippen molar-refractivity contribution in [3.63, 3.8) is 0 Å². The van der Waals surface area contributed by atoms with E-state index in [2.05, 4.69) is 16.0 Å². The highest BCUT2D eigenvalue weighted by atomic mass is 14.8. The van der Waals surface area contributed by atoms with E-state index in [0.29, 0.717) is 0 Å². The van der Waals surface area contributed by atoms with E-state index in [1.165, 1.54) is 6.33 Å². The third-order valence-electron chi connectivity index (χ3n) is 1.72. The molecule has 0 aromatic carbocycles. The molecule has 0 aliphatic rings. The Morgan fingerprint density at radius 2 is 1.86 bits per heavy atom. The maximum absolute atomic E-state index is 8.83. The van der Waals surface area contributed by atoms with Gasteiger partial charge in [-0.25, -0.2) is 9.97 Å². The average molecular weight is 191 g/mol. The molecule has 0 saturated carbocycles. The second-order valence-corrected chi connectivity index (χ2v) is 3.28. The summed E-state index contributed by atoms with van der Waals surface area (Å²) in [5.41, 5.74) is 1.15. The Morgan fingerprint density at radius 1 is 1.29 bits per heavy atom. The zero-order chi connectivity index (χ0) is 11.2. The standard InChI is InChI=1S/C9H11N3.C2H6/c1-7-4-8(12-6-11-7)9(2,3)5-10;1-2/h4,6H,1-3H3;1-2H3. The fourth-order valence-electron chi connectivity index (χ4n) is 0.854. The topological polar surface area (TPSA) is 49.6 Å². The Labute approximate surface area is 85.8 Å². The van der Waals surface area contributed by atoms with Crippen LogP contribution in [0.2, 0.25) is 0 Å². The predicted molar refractivity (Wildman–Crippen MR) is 56.8 cm³/mol. The maximum atomic E-state index is 8.83. The first-order valence-corrected chi connectivity index (χ1v) is 4.76. The van der Waals surface area contributed by atoms with E-state index < -0.39 is 5.41 Å². The number of aryl methyl sites for hydroxylation is 1. The van der Waals surface area contributed by atoms with Crippen LogP contribution in [0.5, 0.6) is 0 Å². The molecule has 1 heterocycles. The van der Waals surface area contributed by atoms with Crippen LogP contribution in [-0.2, 0) is 5.41 Å². The second-order valence-electron chi connectivity index (χ2n) is 3.28. The van der Waals surface area contributed by atoms with Gasteiger partial charge >= 0.3 is 0 Å². The molecular formula is C11H17N3. The summed E-state index contributed by atoms with van der Waals surface area (Å²) < 4.78 is 0. The highest BCUT2D eigenvalue weighted by Gasteiger charge is 2.21. The maximum Gasteiger partial charge on any atom is 0.115 e. The summed E-state index contributed by atoms with van der Waals surface area (Å²) in [7, 11) is 0. The number of nitrogens with zero attached hydrogens (tertiary/aromatic N) is 3. The van der Waals surface area contributed by atoms with Crippen molar-refractivity contribution in [2.75, 3.05) is 0 Å². The van der Waals surface area contributed by atoms with Crippen molar-refractivity contribution in [3.05, 3.63) is 23.8 Å². The van der Waals surface area contributed by atoms with Gasteiger partial charge in [0.05, 0.1) is 17.2 Å². The fourth-order valence-corrected chi connectivity index (χ4v) is 0.854. The molecule has 0 aliphatic heterocycles. The lowest BCUT2D eigenvalue weighted by molar-refractivity contribution is 0.654. The van der Waals surface area contributed by atoms with Crippen LogP contribution in [0.3, 0.4) is 0 Å². The normalized spacial score (nSPS) is 9.71. The van der Waals surface area contributed by atoms with Gasteiger partial charge in [0.2, 0.25) is 0 Å². The van der Waals surface area contributed by atoms with Gasteiger partial charge in [0.25, 0.3) is 0 Å². The van der Waals surface area contributed by atoms with E-state index >= 15 is 0 Å². The molecule has 0 bridgehead atoms. The van der Waals surface area contributed by atoms with Crippen LogP contribution in [0.25, 0.3) is 0 Å². The van der Waals surface area contributed by atoms with Crippen LogP contribution in [-0.4, -0.2) is 9.97 Å². The van der Waals surface area contributed by atoms with Crippen molar-refractivity contribution in [1.29, 1.82) is 5.26 Å². The highest BCUT2D eigenvalue weighted by Crippen LogP contribution is 2.19. The summed E-state index contributed by atoms with van der Waals surface area (Å²) >= 11 is 0. The number of hydrogen-bond donors (Lipinski definition) is 0. The molecular weight excluding hydrogens is 174 g/mol. The van der Waals surface area contributed by atoms with Gasteiger partial charge in [-0.1, -0.05) is 13.8 Å². The van der Waals surface area contributed by atoms with Crippen LogP contribution in [0.15, 0.2) is 12.4 Å². The zero-order valence-electron chi connectivity index (χ0n) is 9.50. The van der Waals surface area contributed by atoms with Crippen LogP contribution in [0, 0.1) is 18.3 Å². The molecule has 14 heavy (non-hydrogen) atoms. The van der Waals surface area contributed by atoms with Crippen LogP contribution >= 0.6 is 0 Å². The van der Waals surface area contributed by atoms with Crippen molar-refractivity contribution < 1.29 is 0 Å². The SMILES string of the molecule is CC.Cc1cc(C(C)(C)C#N)ncn1. The first-order chi connectivity index (χ1) is 6.56. The van der Waals surface area contributed by atoms with Crippen LogP contribution in [0.4, 0.5) is 0 Å².